The molecule has 0 saturated heterocycles. The molecular weight excluding hydrogens is 195 g/mol. The monoisotopic (exact) mass is 214 g/mol. The normalized spacial score (nSPS) is 24.8. The molecule has 0 saturated carbocycles. The molecule has 0 amide bonds. The van der Waals surface area contributed by atoms with Gasteiger partial charge in [-0.3, -0.25) is 0 Å². The Bertz CT molecular complexity index is 248. The molecule has 3 atom stereocenters. The predicted molar refractivity (Wildman–Crippen MR) is 58.3 cm³/mol. The fraction of sp³-hybridized carbons (Fsp3) is 0.667. The summed E-state index contributed by atoms with van der Waals surface area (Å²) in [6, 6.07) is 0. The average molecular weight is 214 g/mol. The fourth-order valence-electron chi connectivity index (χ4n) is 1.62. The highest BCUT2D eigenvalue weighted by Gasteiger charge is 2.20. The molecule has 0 heterocycles. The summed E-state index contributed by atoms with van der Waals surface area (Å²) in [6.07, 6.45) is 4.84. The van der Waals surface area contributed by atoms with Gasteiger partial charge in [-0.15, -0.1) is 0 Å². The minimum Gasteiger partial charge on any atom is -0.390 e. The van der Waals surface area contributed by atoms with Crippen molar-refractivity contribution in [3.63, 3.8) is 0 Å². The van der Waals surface area contributed by atoms with Crippen LogP contribution in [0.5, 0.6) is 0 Å². The van der Waals surface area contributed by atoms with Gasteiger partial charge in [-0.05, 0) is 12.0 Å². The van der Waals surface area contributed by atoms with Crippen molar-refractivity contribution >= 4 is 0 Å². The van der Waals surface area contributed by atoms with Crippen molar-refractivity contribution in [3.8, 4) is 0 Å². The van der Waals surface area contributed by atoms with Crippen molar-refractivity contribution in [1.82, 2.24) is 0 Å². The Hall–Kier alpha value is -0.670. The highest BCUT2D eigenvalue weighted by Crippen LogP contribution is 2.19. The van der Waals surface area contributed by atoms with Crippen molar-refractivity contribution in [2.24, 2.45) is 0 Å². The number of hydrogen-bond donors (Lipinski definition) is 2. The van der Waals surface area contributed by atoms with Crippen molar-refractivity contribution in [3.05, 3.63) is 23.8 Å². The third-order valence-corrected chi connectivity index (χ3v) is 2.64. The minimum absolute atomic E-state index is 0.295. The first-order valence-corrected chi connectivity index (χ1v) is 5.53. The third-order valence-electron chi connectivity index (χ3n) is 2.64. The molecule has 15 heavy (non-hydrogen) atoms. The van der Waals surface area contributed by atoms with Gasteiger partial charge in [0.25, 0.3) is 0 Å². The standard InChI is InChI=1S/C12H19FO2/c1-2-3-4-11(14)12(15)9-5-7-10(13)8-6-9/h5-7,10-12,14-15H,2-4,8H2,1H3. The van der Waals surface area contributed by atoms with E-state index in [1.54, 1.807) is 12.2 Å². The molecule has 1 rings (SSSR count). The molecular formula is C12H19FO2. The molecule has 2 nitrogen and oxygen atoms in total. The maximum Gasteiger partial charge on any atom is 0.122 e. The summed E-state index contributed by atoms with van der Waals surface area (Å²) < 4.78 is 12.7. The van der Waals surface area contributed by atoms with Crippen LogP contribution in [0.4, 0.5) is 4.39 Å². The van der Waals surface area contributed by atoms with E-state index >= 15 is 0 Å². The first-order chi connectivity index (χ1) is 7.15. The molecule has 86 valence electrons. The smallest absolute Gasteiger partial charge is 0.122 e. The lowest BCUT2D eigenvalue weighted by atomic mass is 9.95. The molecule has 0 spiro atoms. The Balaban J connectivity index is 2.46. The summed E-state index contributed by atoms with van der Waals surface area (Å²) in [7, 11) is 0. The van der Waals surface area contributed by atoms with Gasteiger partial charge in [-0.2, -0.15) is 0 Å². The van der Waals surface area contributed by atoms with E-state index in [-0.39, 0.29) is 0 Å². The van der Waals surface area contributed by atoms with E-state index in [1.807, 2.05) is 6.92 Å². The van der Waals surface area contributed by atoms with Crippen LogP contribution in [-0.2, 0) is 0 Å². The number of allylic oxidation sites excluding steroid dienone is 2. The zero-order valence-corrected chi connectivity index (χ0v) is 9.06. The number of rotatable bonds is 5. The van der Waals surface area contributed by atoms with Crippen LogP contribution in [0.1, 0.15) is 32.6 Å². The number of unbranched alkanes of at least 4 members (excludes halogenated alkanes) is 1. The lowest BCUT2D eigenvalue weighted by molar-refractivity contribution is 0.0366. The molecule has 2 N–H and O–H groups in total. The largest absolute Gasteiger partial charge is 0.390 e. The second-order valence-electron chi connectivity index (χ2n) is 3.97. The Labute approximate surface area is 90.1 Å². The molecule has 0 aliphatic heterocycles. The molecule has 3 unspecified atom stereocenters. The molecule has 1 aliphatic rings. The van der Waals surface area contributed by atoms with E-state index in [1.165, 1.54) is 6.08 Å². The topological polar surface area (TPSA) is 40.5 Å². The van der Waals surface area contributed by atoms with Gasteiger partial charge in [0.2, 0.25) is 0 Å². The van der Waals surface area contributed by atoms with Gasteiger partial charge in [-0.25, -0.2) is 4.39 Å². The Morgan fingerprint density at radius 1 is 1.53 bits per heavy atom. The summed E-state index contributed by atoms with van der Waals surface area (Å²) in [5, 5.41) is 19.4. The van der Waals surface area contributed by atoms with E-state index in [2.05, 4.69) is 0 Å². The minimum atomic E-state index is -0.950. The molecule has 0 radical (unpaired) electrons. The van der Waals surface area contributed by atoms with Crippen molar-refractivity contribution in [2.75, 3.05) is 0 Å². The molecule has 0 fully saturated rings. The van der Waals surface area contributed by atoms with Crippen LogP contribution in [0.2, 0.25) is 0 Å². The van der Waals surface area contributed by atoms with E-state index in [9.17, 15) is 14.6 Å². The van der Waals surface area contributed by atoms with Gasteiger partial charge in [0.1, 0.15) is 12.3 Å². The van der Waals surface area contributed by atoms with E-state index < -0.39 is 18.4 Å². The molecule has 0 bridgehead atoms. The molecule has 3 heteroatoms. The Morgan fingerprint density at radius 2 is 2.27 bits per heavy atom. The highest BCUT2D eigenvalue weighted by molar-refractivity contribution is 5.28. The summed E-state index contributed by atoms with van der Waals surface area (Å²) in [6.45, 7) is 2.03. The quantitative estimate of drug-likeness (QED) is 0.736. The van der Waals surface area contributed by atoms with E-state index in [0.717, 1.165) is 12.8 Å². The van der Waals surface area contributed by atoms with Crippen molar-refractivity contribution in [1.29, 1.82) is 0 Å². The second-order valence-corrected chi connectivity index (χ2v) is 3.97. The number of alkyl halides is 1. The fourth-order valence-corrected chi connectivity index (χ4v) is 1.62. The number of halogens is 1. The van der Waals surface area contributed by atoms with Crippen LogP contribution >= 0.6 is 0 Å². The lowest BCUT2D eigenvalue weighted by Gasteiger charge is -2.20. The van der Waals surface area contributed by atoms with Crippen molar-refractivity contribution < 1.29 is 14.6 Å². The van der Waals surface area contributed by atoms with E-state index in [0.29, 0.717) is 18.4 Å². The zero-order chi connectivity index (χ0) is 11.3. The number of aliphatic hydroxyl groups excluding tert-OH is 2. The van der Waals surface area contributed by atoms with Gasteiger partial charge >= 0.3 is 0 Å². The van der Waals surface area contributed by atoms with Crippen LogP contribution in [-0.4, -0.2) is 28.6 Å². The van der Waals surface area contributed by atoms with Gasteiger partial charge in [0.05, 0.1) is 6.10 Å². The number of hydrogen-bond acceptors (Lipinski definition) is 2. The van der Waals surface area contributed by atoms with Gasteiger partial charge in [-0.1, -0.05) is 38.0 Å². The molecule has 1 aliphatic carbocycles. The summed E-state index contributed by atoms with van der Waals surface area (Å²) in [5.74, 6) is 0. The van der Waals surface area contributed by atoms with Crippen LogP contribution in [0.25, 0.3) is 0 Å². The van der Waals surface area contributed by atoms with Crippen LogP contribution < -0.4 is 0 Å². The highest BCUT2D eigenvalue weighted by atomic mass is 19.1. The van der Waals surface area contributed by atoms with Crippen LogP contribution in [0, 0.1) is 0 Å². The van der Waals surface area contributed by atoms with Crippen molar-refractivity contribution in [2.45, 2.75) is 51.0 Å². The predicted octanol–water partition coefficient (Wildman–Crippen LogP) is 2.12. The summed E-state index contributed by atoms with van der Waals surface area (Å²) in [5.41, 5.74) is 0.632. The Morgan fingerprint density at radius 3 is 2.80 bits per heavy atom. The lowest BCUT2D eigenvalue weighted by Crippen LogP contribution is -2.28. The Kier molecular flexibility index (Phi) is 4.99. The summed E-state index contributed by atoms with van der Waals surface area (Å²) in [4.78, 5) is 0. The van der Waals surface area contributed by atoms with Gasteiger partial charge < -0.3 is 10.2 Å². The number of aliphatic hydroxyl groups is 2. The SMILES string of the molecule is CCCCC(O)C(O)C1=CCC(F)C=C1. The van der Waals surface area contributed by atoms with Gasteiger partial charge in [0.15, 0.2) is 0 Å². The second kappa shape index (κ2) is 6.03. The maximum atomic E-state index is 12.7. The van der Waals surface area contributed by atoms with Gasteiger partial charge in [0, 0.05) is 6.42 Å². The summed E-state index contributed by atoms with van der Waals surface area (Å²) >= 11 is 0. The molecule has 0 aromatic rings. The third kappa shape index (κ3) is 3.76. The molecule has 0 aromatic heterocycles. The first-order valence-electron chi connectivity index (χ1n) is 5.53. The molecule has 0 aromatic carbocycles. The van der Waals surface area contributed by atoms with E-state index in [4.69, 9.17) is 0 Å². The van der Waals surface area contributed by atoms with Crippen LogP contribution in [0.3, 0.4) is 0 Å². The zero-order valence-electron chi connectivity index (χ0n) is 9.06. The maximum absolute atomic E-state index is 12.7. The first kappa shape index (κ1) is 12.4. The average Bonchev–Trinajstić information content (AvgIpc) is 2.26. The van der Waals surface area contributed by atoms with Crippen LogP contribution in [0.15, 0.2) is 23.8 Å².